The monoisotopic (exact) mass is 344 g/mol. The third-order valence-electron chi connectivity index (χ3n) is 3.76. The molecule has 0 radical (unpaired) electrons. The Morgan fingerprint density at radius 2 is 1.64 bits per heavy atom. The molecule has 25 heavy (non-hydrogen) atoms. The lowest BCUT2D eigenvalue weighted by atomic mass is 10.1. The van der Waals surface area contributed by atoms with E-state index >= 15 is 0 Å². The van der Waals surface area contributed by atoms with E-state index in [9.17, 15) is 14.0 Å². The summed E-state index contributed by atoms with van der Waals surface area (Å²) in [6.07, 6.45) is 1.11. The number of methoxy groups -OCH3 is 1. The summed E-state index contributed by atoms with van der Waals surface area (Å²) in [4.78, 5) is 24.1. The number of carbonyl (C=O) groups excluding carboxylic acids is 2. The highest BCUT2D eigenvalue weighted by atomic mass is 19.1. The number of nitrogens with one attached hydrogen (secondary N) is 2. The Balaban J connectivity index is 2.01. The molecular formula is C19H21FN2O3. The Kier molecular flexibility index (Phi) is 6.51. The van der Waals surface area contributed by atoms with Crippen LogP contribution in [0.4, 0.5) is 14.9 Å². The first kappa shape index (κ1) is 18.4. The molecule has 0 aliphatic heterocycles. The molecule has 2 aromatic rings. The number of halogens is 1. The zero-order chi connectivity index (χ0) is 18.2. The lowest BCUT2D eigenvalue weighted by molar-refractivity contribution is -0.142. The number of carbonyl (C=O) groups is 2. The highest BCUT2D eigenvalue weighted by Gasteiger charge is 2.22. The molecular weight excluding hydrogens is 323 g/mol. The molecule has 2 rings (SSSR count). The Morgan fingerprint density at radius 1 is 1.04 bits per heavy atom. The first-order valence-electron chi connectivity index (χ1n) is 8.00. The van der Waals surface area contributed by atoms with Gasteiger partial charge in [-0.15, -0.1) is 0 Å². The molecule has 2 amide bonds. The molecule has 0 bridgehead atoms. The number of rotatable bonds is 6. The van der Waals surface area contributed by atoms with Gasteiger partial charge in [-0.2, -0.15) is 0 Å². The van der Waals surface area contributed by atoms with Crippen molar-refractivity contribution in [1.29, 1.82) is 0 Å². The molecule has 0 saturated carbocycles. The van der Waals surface area contributed by atoms with Crippen LogP contribution in [0.25, 0.3) is 0 Å². The molecule has 2 aromatic carbocycles. The van der Waals surface area contributed by atoms with Gasteiger partial charge in [0.05, 0.1) is 7.11 Å². The number of aryl methyl sites for hydroxylation is 1. The first-order valence-corrected chi connectivity index (χ1v) is 8.00. The second kappa shape index (κ2) is 8.82. The second-order valence-electron chi connectivity index (χ2n) is 5.56. The predicted octanol–water partition coefficient (Wildman–Crippen LogP) is 3.29. The number of urea groups is 1. The summed E-state index contributed by atoms with van der Waals surface area (Å²) in [7, 11) is 1.25. The molecule has 0 saturated heterocycles. The van der Waals surface area contributed by atoms with Crippen LogP contribution >= 0.6 is 0 Å². The SMILES string of the molecule is CCc1ccc(NC(=O)NC(Cc2ccc(F)cc2)C(=O)OC)cc1. The normalized spacial score (nSPS) is 11.5. The minimum atomic E-state index is -0.870. The summed E-state index contributed by atoms with van der Waals surface area (Å²) < 4.78 is 17.7. The molecule has 5 nitrogen and oxygen atoms in total. The highest BCUT2D eigenvalue weighted by molar-refractivity contribution is 5.92. The van der Waals surface area contributed by atoms with E-state index in [0.717, 1.165) is 12.0 Å². The summed E-state index contributed by atoms with van der Waals surface area (Å²) in [6, 6.07) is 11.8. The van der Waals surface area contributed by atoms with Crippen molar-refractivity contribution >= 4 is 17.7 Å². The maximum Gasteiger partial charge on any atom is 0.328 e. The smallest absolute Gasteiger partial charge is 0.328 e. The Labute approximate surface area is 146 Å². The average molecular weight is 344 g/mol. The summed E-state index contributed by atoms with van der Waals surface area (Å²) in [5, 5.41) is 5.27. The van der Waals surface area contributed by atoms with E-state index in [1.807, 2.05) is 19.1 Å². The molecule has 0 aromatic heterocycles. The Hall–Kier alpha value is -2.89. The van der Waals surface area contributed by atoms with E-state index < -0.39 is 18.0 Å². The van der Waals surface area contributed by atoms with Crippen molar-refractivity contribution in [3.63, 3.8) is 0 Å². The van der Waals surface area contributed by atoms with Gasteiger partial charge in [-0.1, -0.05) is 31.2 Å². The van der Waals surface area contributed by atoms with Crippen LogP contribution in [0, 0.1) is 5.82 Å². The molecule has 132 valence electrons. The van der Waals surface area contributed by atoms with Crippen LogP contribution < -0.4 is 10.6 Å². The lowest BCUT2D eigenvalue weighted by Crippen LogP contribution is -2.45. The third-order valence-corrected chi connectivity index (χ3v) is 3.76. The number of hydrogen-bond donors (Lipinski definition) is 2. The zero-order valence-electron chi connectivity index (χ0n) is 14.2. The van der Waals surface area contributed by atoms with E-state index in [4.69, 9.17) is 4.74 Å². The van der Waals surface area contributed by atoms with E-state index in [1.165, 1.54) is 19.2 Å². The molecule has 2 N–H and O–H groups in total. The Morgan fingerprint density at radius 3 is 2.20 bits per heavy atom. The van der Waals surface area contributed by atoms with Crippen LogP contribution in [0.2, 0.25) is 0 Å². The fraction of sp³-hybridized carbons (Fsp3) is 0.263. The van der Waals surface area contributed by atoms with E-state index in [2.05, 4.69) is 10.6 Å². The molecule has 0 fully saturated rings. The van der Waals surface area contributed by atoms with Gasteiger partial charge < -0.3 is 15.4 Å². The molecule has 1 atom stereocenters. The van der Waals surface area contributed by atoms with Gasteiger partial charge in [0, 0.05) is 12.1 Å². The lowest BCUT2D eigenvalue weighted by Gasteiger charge is -2.17. The fourth-order valence-electron chi connectivity index (χ4n) is 2.34. The number of amides is 2. The van der Waals surface area contributed by atoms with Gasteiger partial charge in [0.25, 0.3) is 0 Å². The first-order chi connectivity index (χ1) is 12.0. The van der Waals surface area contributed by atoms with Crippen LogP contribution in [0.1, 0.15) is 18.1 Å². The average Bonchev–Trinajstić information content (AvgIpc) is 2.63. The number of benzene rings is 2. The van der Waals surface area contributed by atoms with Crippen LogP contribution in [-0.4, -0.2) is 25.2 Å². The van der Waals surface area contributed by atoms with Gasteiger partial charge in [-0.05, 0) is 41.8 Å². The summed E-state index contributed by atoms with van der Waals surface area (Å²) >= 11 is 0. The van der Waals surface area contributed by atoms with Gasteiger partial charge in [0.2, 0.25) is 0 Å². The third kappa shape index (κ3) is 5.60. The van der Waals surface area contributed by atoms with E-state index in [1.54, 1.807) is 24.3 Å². The quantitative estimate of drug-likeness (QED) is 0.790. The van der Waals surface area contributed by atoms with Crippen molar-refractivity contribution in [2.24, 2.45) is 0 Å². The van der Waals surface area contributed by atoms with Crippen LogP contribution in [0.15, 0.2) is 48.5 Å². The van der Waals surface area contributed by atoms with E-state index in [0.29, 0.717) is 11.3 Å². The molecule has 0 aliphatic rings. The fourth-order valence-corrected chi connectivity index (χ4v) is 2.34. The van der Waals surface area contributed by atoms with Gasteiger partial charge >= 0.3 is 12.0 Å². The van der Waals surface area contributed by atoms with Gasteiger partial charge in [0.1, 0.15) is 11.9 Å². The second-order valence-corrected chi connectivity index (χ2v) is 5.56. The molecule has 0 heterocycles. The summed E-state index contributed by atoms with van der Waals surface area (Å²) in [5.41, 5.74) is 2.50. The van der Waals surface area contributed by atoms with Gasteiger partial charge in [-0.3, -0.25) is 0 Å². The number of anilines is 1. The van der Waals surface area contributed by atoms with Gasteiger partial charge in [-0.25, -0.2) is 14.0 Å². The minimum Gasteiger partial charge on any atom is -0.467 e. The van der Waals surface area contributed by atoms with Crippen molar-refractivity contribution in [3.05, 3.63) is 65.5 Å². The maximum atomic E-state index is 13.0. The van der Waals surface area contributed by atoms with Crippen LogP contribution in [0.3, 0.4) is 0 Å². The summed E-state index contributed by atoms with van der Waals surface area (Å²) in [6.45, 7) is 2.05. The van der Waals surface area contributed by atoms with Crippen molar-refractivity contribution < 1.29 is 18.7 Å². The van der Waals surface area contributed by atoms with Gasteiger partial charge in [0.15, 0.2) is 0 Å². The molecule has 0 aliphatic carbocycles. The van der Waals surface area contributed by atoms with Crippen molar-refractivity contribution in [2.75, 3.05) is 12.4 Å². The predicted molar refractivity (Wildman–Crippen MR) is 93.9 cm³/mol. The highest BCUT2D eigenvalue weighted by Crippen LogP contribution is 2.11. The Bertz CT molecular complexity index is 714. The van der Waals surface area contributed by atoms with Crippen molar-refractivity contribution in [2.45, 2.75) is 25.8 Å². The van der Waals surface area contributed by atoms with Crippen LogP contribution in [0.5, 0.6) is 0 Å². The number of hydrogen-bond acceptors (Lipinski definition) is 3. The molecule has 0 spiro atoms. The van der Waals surface area contributed by atoms with Crippen LogP contribution in [-0.2, 0) is 22.4 Å². The largest absolute Gasteiger partial charge is 0.467 e. The van der Waals surface area contributed by atoms with E-state index in [-0.39, 0.29) is 12.2 Å². The van der Waals surface area contributed by atoms with Crippen molar-refractivity contribution in [1.82, 2.24) is 5.32 Å². The standard InChI is InChI=1S/C19H21FN2O3/c1-3-13-6-10-16(11-7-13)21-19(24)22-17(18(23)25-2)12-14-4-8-15(20)9-5-14/h4-11,17H,3,12H2,1-2H3,(H2,21,22,24). The number of esters is 1. The maximum absolute atomic E-state index is 13.0. The zero-order valence-corrected chi connectivity index (χ0v) is 14.2. The topological polar surface area (TPSA) is 67.4 Å². The molecule has 6 heteroatoms. The number of ether oxygens (including phenoxy) is 1. The summed E-state index contributed by atoms with van der Waals surface area (Å²) in [5.74, 6) is -0.930. The minimum absolute atomic E-state index is 0.204. The molecule has 1 unspecified atom stereocenters. The van der Waals surface area contributed by atoms with Crippen molar-refractivity contribution in [3.8, 4) is 0 Å².